The van der Waals surface area contributed by atoms with Gasteiger partial charge in [0.25, 0.3) is 0 Å². The summed E-state index contributed by atoms with van der Waals surface area (Å²) in [5.74, 6) is 2.21. The highest BCUT2D eigenvalue weighted by Crippen LogP contribution is 2.62. The fourth-order valence-electron chi connectivity index (χ4n) is 6.85. The van der Waals surface area contributed by atoms with Gasteiger partial charge in [0.2, 0.25) is 0 Å². The molecule has 1 aliphatic heterocycles. The minimum absolute atomic E-state index is 0.426. The SMILES string of the molecule is CC(N1CCCC1(C)C(=O)O)C12CC3CC(CC(C3)C1)C2. The minimum Gasteiger partial charge on any atom is -0.480 e. The molecule has 0 amide bonds. The van der Waals surface area contributed by atoms with Crippen LogP contribution in [0.15, 0.2) is 0 Å². The first-order valence-electron chi connectivity index (χ1n) is 8.93. The van der Waals surface area contributed by atoms with Crippen LogP contribution in [0.5, 0.6) is 0 Å². The van der Waals surface area contributed by atoms with E-state index in [9.17, 15) is 9.90 Å². The van der Waals surface area contributed by atoms with Crippen LogP contribution in [-0.2, 0) is 4.79 Å². The molecule has 0 aromatic heterocycles. The van der Waals surface area contributed by atoms with Gasteiger partial charge in [0.1, 0.15) is 5.54 Å². The number of hydrogen-bond donors (Lipinski definition) is 1. The Labute approximate surface area is 128 Å². The molecular formula is C18H29NO2. The van der Waals surface area contributed by atoms with E-state index in [1.54, 1.807) is 0 Å². The first kappa shape index (κ1) is 14.0. The molecule has 5 aliphatic rings. The zero-order valence-corrected chi connectivity index (χ0v) is 13.5. The molecule has 5 fully saturated rings. The van der Waals surface area contributed by atoms with E-state index in [1.807, 2.05) is 6.92 Å². The zero-order valence-electron chi connectivity index (χ0n) is 13.5. The van der Waals surface area contributed by atoms with Crippen molar-refractivity contribution >= 4 is 5.97 Å². The second kappa shape index (κ2) is 4.47. The van der Waals surface area contributed by atoms with Crippen molar-refractivity contribution in [1.29, 1.82) is 0 Å². The van der Waals surface area contributed by atoms with E-state index in [1.165, 1.54) is 38.5 Å². The number of carboxylic acid groups (broad SMARTS) is 1. The molecule has 21 heavy (non-hydrogen) atoms. The molecule has 2 unspecified atom stereocenters. The van der Waals surface area contributed by atoms with Crippen LogP contribution in [0.1, 0.15) is 65.2 Å². The summed E-state index contributed by atoms with van der Waals surface area (Å²) in [6.45, 7) is 5.28. The maximum absolute atomic E-state index is 11.8. The first-order chi connectivity index (χ1) is 9.93. The molecule has 2 atom stereocenters. The van der Waals surface area contributed by atoms with Gasteiger partial charge in [-0.2, -0.15) is 0 Å². The van der Waals surface area contributed by atoms with Crippen molar-refractivity contribution in [3.63, 3.8) is 0 Å². The first-order valence-corrected chi connectivity index (χ1v) is 8.93. The highest BCUT2D eigenvalue weighted by molar-refractivity contribution is 5.78. The van der Waals surface area contributed by atoms with Gasteiger partial charge in [-0.3, -0.25) is 9.69 Å². The van der Waals surface area contributed by atoms with Gasteiger partial charge in [0.15, 0.2) is 0 Å². The number of carboxylic acids is 1. The minimum atomic E-state index is -0.622. The van der Waals surface area contributed by atoms with Crippen molar-refractivity contribution in [2.45, 2.75) is 76.8 Å². The molecule has 5 rings (SSSR count). The number of aliphatic carboxylic acids is 1. The Hall–Kier alpha value is -0.570. The van der Waals surface area contributed by atoms with Crippen LogP contribution < -0.4 is 0 Å². The van der Waals surface area contributed by atoms with Crippen molar-refractivity contribution in [3.05, 3.63) is 0 Å². The van der Waals surface area contributed by atoms with Gasteiger partial charge in [-0.25, -0.2) is 0 Å². The molecule has 4 aliphatic carbocycles. The molecule has 0 aromatic carbocycles. The lowest BCUT2D eigenvalue weighted by Gasteiger charge is -2.61. The third-order valence-corrected chi connectivity index (χ3v) is 7.60. The fourth-order valence-corrected chi connectivity index (χ4v) is 6.85. The summed E-state index contributed by atoms with van der Waals surface area (Å²) in [6, 6.07) is 0.439. The second-order valence-electron chi connectivity index (χ2n) is 8.83. The van der Waals surface area contributed by atoms with Crippen molar-refractivity contribution in [1.82, 2.24) is 4.90 Å². The van der Waals surface area contributed by atoms with Crippen molar-refractivity contribution in [3.8, 4) is 0 Å². The Morgan fingerprint density at radius 3 is 2.14 bits per heavy atom. The topological polar surface area (TPSA) is 40.5 Å². The lowest BCUT2D eigenvalue weighted by atomic mass is 9.47. The van der Waals surface area contributed by atoms with Crippen LogP contribution in [0.3, 0.4) is 0 Å². The molecule has 0 spiro atoms. The second-order valence-corrected chi connectivity index (χ2v) is 8.83. The predicted molar refractivity (Wildman–Crippen MR) is 82.0 cm³/mol. The monoisotopic (exact) mass is 291 g/mol. The molecule has 3 heteroatoms. The van der Waals surface area contributed by atoms with Gasteiger partial charge in [-0.15, -0.1) is 0 Å². The summed E-state index contributed by atoms with van der Waals surface area (Å²) in [7, 11) is 0. The Balaban J connectivity index is 1.62. The smallest absolute Gasteiger partial charge is 0.323 e. The predicted octanol–water partition coefficient (Wildman–Crippen LogP) is 3.53. The molecule has 1 heterocycles. The molecule has 0 aromatic rings. The van der Waals surface area contributed by atoms with Crippen LogP contribution in [-0.4, -0.2) is 34.1 Å². The Kier molecular flexibility index (Phi) is 2.99. The Morgan fingerprint density at radius 2 is 1.67 bits per heavy atom. The van der Waals surface area contributed by atoms with Crippen LogP contribution in [0, 0.1) is 23.2 Å². The van der Waals surface area contributed by atoms with Gasteiger partial charge >= 0.3 is 5.97 Å². The van der Waals surface area contributed by atoms with Crippen LogP contribution in [0.2, 0.25) is 0 Å². The van der Waals surface area contributed by atoms with Crippen LogP contribution >= 0.6 is 0 Å². The van der Waals surface area contributed by atoms with Crippen molar-refractivity contribution in [2.75, 3.05) is 6.54 Å². The van der Waals surface area contributed by atoms with Gasteiger partial charge in [0.05, 0.1) is 0 Å². The molecule has 1 saturated heterocycles. The largest absolute Gasteiger partial charge is 0.480 e. The molecule has 1 N–H and O–H groups in total. The summed E-state index contributed by atoms with van der Waals surface area (Å²) in [6.07, 6.45) is 10.3. The van der Waals surface area contributed by atoms with Crippen LogP contribution in [0.25, 0.3) is 0 Å². The molecule has 118 valence electrons. The lowest BCUT2D eigenvalue weighted by molar-refractivity contribution is -0.156. The Morgan fingerprint density at radius 1 is 1.14 bits per heavy atom. The van der Waals surface area contributed by atoms with Crippen LogP contribution in [0.4, 0.5) is 0 Å². The van der Waals surface area contributed by atoms with Crippen molar-refractivity contribution < 1.29 is 9.90 Å². The number of likely N-dealkylation sites (tertiary alicyclic amines) is 1. The van der Waals surface area contributed by atoms with E-state index in [2.05, 4.69) is 11.8 Å². The van der Waals surface area contributed by atoms with E-state index in [4.69, 9.17) is 0 Å². The summed E-state index contributed by atoms with van der Waals surface area (Å²) >= 11 is 0. The van der Waals surface area contributed by atoms with Gasteiger partial charge in [0, 0.05) is 6.04 Å². The number of carbonyl (C=O) groups is 1. The average molecular weight is 291 g/mol. The lowest BCUT2D eigenvalue weighted by Crippen LogP contribution is -2.61. The quantitative estimate of drug-likeness (QED) is 0.864. The molecule has 4 bridgehead atoms. The third-order valence-electron chi connectivity index (χ3n) is 7.60. The zero-order chi connectivity index (χ0) is 14.8. The van der Waals surface area contributed by atoms with E-state index in [0.29, 0.717) is 11.5 Å². The fraction of sp³-hybridized carbons (Fsp3) is 0.944. The summed E-state index contributed by atoms with van der Waals surface area (Å²) in [5, 5.41) is 9.73. The average Bonchev–Trinajstić information content (AvgIpc) is 2.79. The van der Waals surface area contributed by atoms with Gasteiger partial charge in [-0.1, -0.05) is 0 Å². The van der Waals surface area contributed by atoms with Crippen molar-refractivity contribution in [2.24, 2.45) is 23.2 Å². The highest BCUT2D eigenvalue weighted by atomic mass is 16.4. The van der Waals surface area contributed by atoms with Gasteiger partial charge < -0.3 is 5.11 Å². The van der Waals surface area contributed by atoms with E-state index in [0.717, 1.165) is 37.1 Å². The summed E-state index contributed by atoms with van der Waals surface area (Å²) < 4.78 is 0. The molecule has 3 nitrogen and oxygen atoms in total. The molecule has 4 saturated carbocycles. The normalized spacial score (nSPS) is 50.5. The maximum atomic E-state index is 11.8. The van der Waals surface area contributed by atoms with E-state index < -0.39 is 11.5 Å². The molecule has 0 radical (unpaired) electrons. The maximum Gasteiger partial charge on any atom is 0.323 e. The molecular weight excluding hydrogens is 262 g/mol. The van der Waals surface area contributed by atoms with E-state index >= 15 is 0 Å². The third kappa shape index (κ3) is 1.92. The Bertz CT molecular complexity index is 425. The summed E-state index contributed by atoms with van der Waals surface area (Å²) in [4.78, 5) is 14.2. The number of hydrogen-bond acceptors (Lipinski definition) is 2. The standard InChI is InChI=1S/C18H29NO2/c1-12(19-5-3-4-17(19,2)16(20)21)18-9-13-6-14(10-18)8-15(7-13)11-18/h12-15H,3-11H2,1-2H3,(H,20,21). The number of nitrogens with zero attached hydrogens (tertiary/aromatic N) is 1. The summed E-state index contributed by atoms with van der Waals surface area (Å²) in [5.41, 5.74) is -0.196. The number of rotatable bonds is 3. The highest BCUT2D eigenvalue weighted by Gasteiger charge is 2.57. The van der Waals surface area contributed by atoms with Gasteiger partial charge in [-0.05, 0) is 94.9 Å². The van der Waals surface area contributed by atoms with E-state index in [-0.39, 0.29) is 0 Å².